The van der Waals surface area contributed by atoms with Crippen LogP contribution in [0.3, 0.4) is 0 Å². The van der Waals surface area contributed by atoms with Gasteiger partial charge in [0.25, 0.3) is 0 Å². The van der Waals surface area contributed by atoms with Crippen molar-refractivity contribution in [2.75, 3.05) is 13.7 Å². The van der Waals surface area contributed by atoms with Crippen molar-refractivity contribution in [3.63, 3.8) is 0 Å². The zero-order valence-corrected chi connectivity index (χ0v) is 8.53. The van der Waals surface area contributed by atoms with Crippen molar-refractivity contribution < 1.29 is 34.7 Å². The van der Waals surface area contributed by atoms with Gasteiger partial charge in [-0.3, -0.25) is 0 Å². The first-order chi connectivity index (χ1) is 6.93. The van der Waals surface area contributed by atoms with Gasteiger partial charge < -0.3 is 29.9 Å². The van der Waals surface area contributed by atoms with E-state index < -0.39 is 37.2 Å². The molecule has 0 heterocycles. The topological polar surface area (TPSA) is 116 Å². The molecule has 0 aromatic heterocycles. The van der Waals surface area contributed by atoms with E-state index in [0.29, 0.717) is 0 Å². The maximum Gasteiger partial charge on any atom is 0.335 e. The van der Waals surface area contributed by atoms with Crippen LogP contribution in [0.15, 0.2) is 0 Å². The van der Waals surface area contributed by atoms with E-state index in [1.165, 1.54) is 14.0 Å². The highest BCUT2D eigenvalue weighted by atomic mass is 16.7. The standard InChI is InChI=1S/C8H16O7/c1-4(10)6(7(12)13)15-8(14-2)5(11)3-9/h4-6,8-11H,3H2,1-2H3,(H,12,13)/t4-,5-,6?,8?/m0/s1. The molecule has 2 unspecified atom stereocenters. The van der Waals surface area contributed by atoms with Crippen molar-refractivity contribution in [2.24, 2.45) is 0 Å². The molecule has 4 N–H and O–H groups in total. The van der Waals surface area contributed by atoms with Crippen LogP contribution in [0.5, 0.6) is 0 Å². The molecule has 0 aromatic carbocycles. The fourth-order valence-electron chi connectivity index (χ4n) is 0.912. The Hall–Kier alpha value is -0.730. The van der Waals surface area contributed by atoms with Gasteiger partial charge in [0.2, 0.25) is 0 Å². The molecule has 7 heteroatoms. The van der Waals surface area contributed by atoms with Gasteiger partial charge in [0.15, 0.2) is 12.4 Å². The van der Waals surface area contributed by atoms with Crippen LogP contribution in [0.25, 0.3) is 0 Å². The molecule has 0 aromatic rings. The third-order valence-corrected chi connectivity index (χ3v) is 1.70. The summed E-state index contributed by atoms with van der Waals surface area (Å²) in [7, 11) is 1.19. The van der Waals surface area contributed by atoms with E-state index in [2.05, 4.69) is 4.74 Å². The lowest BCUT2D eigenvalue weighted by molar-refractivity contribution is -0.228. The smallest absolute Gasteiger partial charge is 0.335 e. The Balaban J connectivity index is 4.42. The van der Waals surface area contributed by atoms with Crippen molar-refractivity contribution >= 4 is 5.97 Å². The minimum Gasteiger partial charge on any atom is -0.479 e. The van der Waals surface area contributed by atoms with Crippen molar-refractivity contribution in [1.29, 1.82) is 0 Å². The SMILES string of the molecule is COC(OC(C(=O)O)[C@H](C)O)[C@@H](O)CO. The van der Waals surface area contributed by atoms with Gasteiger partial charge in [-0.05, 0) is 6.92 Å². The van der Waals surface area contributed by atoms with E-state index >= 15 is 0 Å². The molecule has 0 saturated heterocycles. The molecule has 4 atom stereocenters. The second-order valence-corrected chi connectivity index (χ2v) is 2.99. The number of carboxylic acid groups (broad SMARTS) is 1. The molecule has 0 bridgehead atoms. The van der Waals surface area contributed by atoms with Crippen molar-refractivity contribution in [3.05, 3.63) is 0 Å². The number of hydrogen-bond donors (Lipinski definition) is 4. The van der Waals surface area contributed by atoms with E-state index in [0.717, 1.165) is 0 Å². The molecular formula is C8H16O7. The molecule has 7 nitrogen and oxygen atoms in total. The fourth-order valence-corrected chi connectivity index (χ4v) is 0.912. The quantitative estimate of drug-likeness (QED) is 0.375. The maximum absolute atomic E-state index is 10.6. The number of ether oxygens (including phenoxy) is 2. The minimum atomic E-state index is -1.52. The lowest BCUT2D eigenvalue weighted by atomic mass is 10.2. The number of carboxylic acids is 1. The van der Waals surface area contributed by atoms with Gasteiger partial charge in [0.1, 0.15) is 6.10 Å². The lowest BCUT2D eigenvalue weighted by Crippen LogP contribution is -2.43. The zero-order chi connectivity index (χ0) is 12.0. The van der Waals surface area contributed by atoms with Crippen LogP contribution in [0, 0.1) is 0 Å². The minimum absolute atomic E-state index is 0.634. The predicted molar refractivity (Wildman–Crippen MR) is 48.1 cm³/mol. The molecule has 90 valence electrons. The summed E-state index contributed by atoms with van der Waals surface area (Å²) in [6, 6.07) is 0. The molecule has 0 aliphatic heterocycles. The fraction of sp³-hybridized carbons (Fsp3) is 0.875. The second-order valence-electron chi connectivity index (χ2n) is 2.99. The Morgan fingerprint density at radius 2 is 1.93 bits per heavy atom. The summed E-state index contributed by atoms with van der Waals surface area (Å²) in [5.74, 6) is -1.38. The van der Waals surface area contributed by atoms with Gasteiger partial charge in [-0.15, -0.1) is 0 Å². The molecule has 0 saturated carbocycles. The summed E-state index contributed by atoms with van der Waals surface area (Å²) >= 11 is 0. The van der Waals surface area contributed by atoms with Crippen molar-refractivity contribution in [2.45, 2.75) is 31.5 Å². The van der Waals surface area contributed by atoms with E-state index in [4.69, 9.17) is 25.2 Å². The molecule has 0 rings (SSSR count). The number of aliphatic hydroxyl groups is 3. The Morgan fingerprint density at radius 3 is 2.20 bits per heavy atom. The molecule has 0 fully saturated rings. The molecule has 0 aliphatic rings. The van der Waals surface area contributed by atoms with Crippen LogP contribution >= 0.6 is 0 Å². The normalized spacial score (nSPS) is 19.3. The largest absolute Gasteiger partial charge is 0.479 e. The van der Waals surface area contributed by atoms with E-state index in [1.807, 2.05) is 0 Å². The molecule has 15 heavy (non-hydrogen) atoms. The average Bonchev–Trinajstić information content (AvgIpc) is 2.17. The van der Waals surface area contributed by atoms with Gasteiger partial charge in [-0.1, -0.05) is 0 Å². The third-order valence-electron chi connectivity index (χ3n) is 1.70. The van der Waals surface area contributed by atoms with E-state index in [1.54, 1.807) is 0 Å². The number of rotatable bonds is 7. The first-order valence-corrected chi connectivity index (χ1v) is 4.32. The summed E-state index contributed by atoms with van der Waals surface area (Å²) in [6.45, 7) is 0.599. The highest BCUT2D eigenvalue weighted by Gasteiger charge is 2.30. The molecule has 0 radical (unpaired) electrons. The molecule has 0 spiro atoms. The summed E-state index contributed by atoms with van der Waals surface area (Å²) < 4.78 is 9.42. The van der Waals surface area contributed by atoms with E-state index in [-0.39, 0.29) is 0 Å². The van der Waals surface area contributed by atoms with Crippen LogP contribution in [-0.4, -0.2) is 64.7 Å². The van der Waals surface area contributed by atoms with Crippen molar-refractivity contribution in [3.8, 4) is 0 Å². The number of carbonyl (C=O) groups is 1. The lowest BCUT2D eigenvalue weighted by Gasteiger charge is -2.25. The second kappa shape index (κ2) is 6.70. The van der Waals surface area contributed by atoms with Crippen LogP contribution < -0.4 is 0 Å². The number of hydrogen-bond acceptors (Lipinski definition) is 6. The highest BCUT2D eigenvalue weighted by molar-refractivity contribution is 5.73. The Morgan fingerprint density at radius 1 is 1.40 bits per heavy atom. The highest BCUT2D eigenvalue weighted by Crippen LogP contribution is 2.08. The first-order valence-electron chi connectivity index (χ1n) is 4.32. The van der Waals surface area contributed by atoms with Crippen LogP contribution in [0.1, 0.15) is 6.92 Å². The first kappa shape index (κ1) is 14.3. The average molecular weight is 224 g/mol. The van der Waals surface area contributed by atoms with Gasteiger partial charge in [0.05, 0.1) is 12.7 Å². The third kappa shape index (κ3) is 4.54. The summed E-state index contributed by atoms with van der Waals surface area (Å²) in [4.78, 5) is 10.6. The Labute approximate surface area is 86.9 Å². The molecule has 0 aliphatic carbocycles. The zero-order valence-electron chi connectivity index (χ0n) is 8.53. The monoisotopic (exact) mass is 224 g/mol. The summed E-state index contributed by atoms with van der Waals surface area (Å²) in [5.41, 5.74) is 0. The molecule has 0 amide bonds. The van der Waals surface area contributed by atoms with Crippen molar-refractivity contribution in [1.82, 2.24) is 0 Å². The van der Waals surface area contributed by atoms with Gasteiger partial charge in [-0.2, -0.15) is 0 Å². The van der Waals surface area contributed by atoms with E-state index in [9.17, 15) is 4.79 Å². The Bertz CT molecular complexity index is 193. The number of aliphatic hydroxyl groups excluding tert-OH is 3. The maximum atomic E-state index is 10.6. The van der Waals surface area contributed by atoms with Gasteiger partial charge in [-0.25, -0.2) is 4.79 Å². The molecular weight excluding hydrogens is 208 g/mol. The summed E-state index contributed by atoms with van der Waals surface area (Å²) in [6.07, 6.45) is -5.44. The van der Waals surface area contributed by atoms with Crippen LogP contribution in [0.2, 0.25) is 0 Å². The number of methoxy groups -OCH3 is 1. The van der Waals surface area contributed by atoms with Gasteiger partial charge >= 0.3 is 5.97 Å². The van der Waals surface area contributed by atoms with Crippen LogP contribution in [-0.2, 0) is 14.3 Å². The number of aliphatic carboxylic acids is 1. The van der Waals surface area contributed by atoms with Crippen LogP contribution in [0.4, 0.5) is 0 Å². The van der Waals surface area contributed by atoms with Gasteiger partial charge in [0, 0.05) is 7.11 Å². The summed E-state index contributed by atoms with van der Waals surface area (Å²) in [5, 5.41) is 35.5. The Kier molecular flexibility index (Phi) is 6.37. The predicted octanol–water partition coefficient (Wildman–Crippen LogP) is -1.84.